The maximum absolute atomic E-state index is 6.13. The molecule has 2 aromatic heterocycles. The van der Waals surface area contributed by atoms with Crippen LogP contribution in [0.15, 0.2) is 53.8 Å². The van der Waals surface area contributed by atoms with Crippen molar-refractivity contribution in [3.63, 3.8) is 0 Å². The van der Waals surface area contributed by atoms with Gasteiger partial charge in [-0.1, -0.05) is 23.7 Å². The van der Waals surface area contributed by atoms with Crippen LogP contribution < -0.4 is 15.5 Å². The lowest BCUT2D eigenvalue weighted by Crippen LogP contribution is -2.45. The molecule has 0 amide bonds. The van der Waals surface area contributed by atoms with Crippen molar-refractivity contribution in [2.75, 3.05) is 31.6 Å². The summed E-state index contributed by atoms with van der Waals surface area (Å²) in [5, 5.41) is 7.73. The highest BCUT2D eigenvalue weighted by atomic mass is 35.5. The minimum absolute atomic E-state index is 0.359. The van der Waals surface area contributed by atoms with Crippen molar-refractivity contribution < 1.29 is 0 Å². The van der Waals surface area contributed by atoms with Gasteiger partial charge in [0.25, 0.3) is 0 Å². The van der Waals surface area contributed by atoms with Crippen molar-refractivity contribution in [3.05, 3.63) is 65.1 Å². The van der Waals surface area contributed by atoms with E-state index >= 15 is 0 Å². The number of hydrogen-bond acceptors (Lipinski definition) is 3. The summed E-state index contributed by atoms with van der Waals surface area (Å²) in [4.78, 5) is 11.5. The minimum Gasteiger partial charge on any atom is -0.369 e. The Hall–Kier alpha value is -2.73. The smallest absolute Gasteiger partial charge is 0.191 e. The molecule has 0 saturated carbocycles. The van der Waals surface area contributed by atoms with Crippen LogP contribution in [0.2, 0.25) is 5.02 Å². The lowest BCUT2D eigenvalue weighted by Gasteiger charge is -2.20. The molecule has 4 rings (SSSR count). The highest BCUT2D eigenvalue weighted by Gasteiger charge is 2.23. The quantitative estimate of drug-likeness (QED) is 0.500. The molecule has 1 aliphatic heterocycles. The third-order valence-electron chi connectivity index (χ3n) is 5.33. The number of imidazole rings is 1. The lowest BCUT2D eigenvalue weighted by molar-refractivity contribution is 0.648. The molecule has 152 valence electrons. The number of aromatic nitrogens is 2. The van der Waals surface area contributed by atoms with E-state index < -0.39 is 0 Å². The second kappa shape index (κ2) is 8.74. The summed E-state index contributed by atoms with van der Waals surface area (Å²) in [5.74, 6) is 0.836. The van der Waals surface area contributed by atoms with Crippen molar-refractivity contribution in [3.8, 4) is 0 Å². The number of guanidine groups is 1. The van der Waals surface area contributed by atoms with Crippen LogP contribution in [0.5, 0.6) is 0 Å². The number of fused-ring (bicyclic) bond motifs is 1. The topological polar surface area (TPSA) is 57.0 Å². The molecule has 6 nitrogen and oxygen atoms in total. The summed E-state index contributed by atoms with van der Waals surface area (Å²) in [6.45, 7) is 4.82. The molecular weight excluding hydrogens is 384 g/mol. The second-order valence-corrected chi connectivity index (χ2v) is 7.90. The van der Waals surface area contributed by atoms with Crippen LogP contribution in [-0.4, -0.2) is 48.1 Å². The molecule has 3 heterocycles. The van der Waals surface area contributed by atoms with Crippen molar-refractivity contribution >= 4 is 28.9 Å². The predicted molar refractivity (Wildman–Crippen MR) is 120 cm³/mol. The van der Waals surface area contributed by atoms with Crippen LogP contribution in [0.4, 0.5) is 5.69 Å². The molecule has 1 atom stereocenters. The van der Waals surface area contributed by atoms with Gasteiger partial charge in [-0.05, 0) is 43.2 Å². The van der Waals surface area contributed by atoms with Crippen LogP contribution in [0.1, 0.15) is 17.7 Å². The Morgan fingerprint density at radius 1 is 1.31 bits per heavy atom. The van der Waals surface area contributed by atoms with E-state index in [0.717, 1.165) is 54.8 Å². The van der Waals surface area contributed by atoms with Crippen molar-refractivity contribution in [2.45, 2.75) is 25.8 Å². The summed E-state index contributed by atoms with van der Waals surface area (Å²) in [7, 11) is 1.81. The SMILES string of the molecule is CN=C(NCCc1cn2cccc(C)c2n1)NC1CCN(c2cccc(Cl)c2)C1. The lowest BCUT2D eigenvalue weighted by atomic mass is 10.2. The Morgan fingerprint density at radius 3 is 3.00 bits per heavy atom. The number of pyridine rings is 1. The number of anilines is 1. The molecular formula is C22H27ClN6. The standard InChI is InChI=1S/C22H27ClN6/c1-16-5-4-11-29-15-18(26-21(16)29)8-10-25-22(24-2)27-19-9-12-28(14-19)20-7-3-6-17(23)13-20/h3-7,11,13,15,19H,8-10,12,14H2,1-2H3,(H2,24,25,27). The van der Waals surface area contributed by atoms with Crippen LogP contribution in [-0.2, 0) is 6.42 Å². The number of aryl methyl sites for hydroxylation is 1. The zero-order valence-corrected chi connectivity index (χ0v) is 17.7. The fourth-order valence-electron chi connectivity index (χ4n) is 3.81. The number of rotatable bonds is 5. The third kappa shape index (κ3) is 4.65. The van der Waals surface area contributed by atoms with Crippen LogP contribution in [0.3, 0.4) is 0 Å². The summed E-state index contributed by atoms with van der Waals surface area (Å²) in [6, 6.07) is 12.5. The normalized spacial score (nSPS) is 17.1. The van der Waals surface area contributed by atoms with Gasteiger partial charge >= 0.3 is 0 Å². The fourth-order valence-corrected chi connectivity index (χ4v) is 3.99. The maximum Gasteiger partial charge on any atom is 0.191 e. The predicted octanol–water partition coefficient (Wildman–Crippen LogP) is 3.28. The van der Waals surface area contributed by atoms with Crippen LogP contribution >= 0.6 is 11.6 Å². The highest BCUT2D eigenvalue weighted by molar-refractivity contribution is 6.30. The monoisotopic (exact) mass is 410 g/mol. The summed E-state index contributed by atoms with van der Waals surface area (Å²) >= 11 is 6.13. The van der Waals surface area contributed by atoms with E-state index in [1.54, 1.807) is 0 Å². The Labute approximate surface area is 176 Å². The summed E-state index contributed by atoms with van der Waals surface area (Å²) in [6.07, 6.45) is 6.05. The van der Waals surface area contributed by atoms with Gasteiger partial charge in [0.1, 0.15) is 5.65 Å². The van der Waals surface area contributed by atoms with Gasteiger partial charge in [-0.2, -0.15) is 0 Å². The molecule has 1 aliphatic rings. The average molecular weight is 411 g/mol. The van der Waals surface area contributed by atoms with Crippen molar-refractivity contribution in [2.24, 2.45) is 4.99 Å². The largest absolute Gasteiger partial charge is 0.369 e. The van der Waals surface area contributed by atoms with E-state index in [1.807, 2.05) is 37.5 Å². The zero-order valence-electron chi connectivity index (χ0n) is 16.9. The molecule has 3 aromatic rings. The Balaban J connectivity index is 1.28. The molecule has 1 aromatic carbocycles. The number of aliphatic imine (C=N–C) groups is 1. The van der Waals surface area contributed by atoms with Crippen molar-refractivity contribution in [1.29, 1.82) is 0 Å². The molecule has 1 unspecified atom stereocenters. The molecule has 1 saturated heterocycles. The first-order valence-corrected chi connectivity index (χ1v) is 10.4. The molecule has 0 bridgehead atoms. The maximum atomic E-state index is 6.13. The van der Waals surface area contributed by atoms with E-state index in [4.69, 9.17) is 16.6 Å². The number of hydrogen-bond donors (Lipinski definition) is 2. The zero-order chi connectivity index (χ0) is 20.2. The van der Waals surface area contributed by atoms with E-state index in [9.17, 15) is 0 Å². The Morgan fingerprint density at radius 2 is 2.21 bits per heavy atom. The molecule has 0 radical (unpaired) electrons. The van der Waals surface area contributed by atoms with E-state index in [-0.39, 0.29) is 0 Å². The van der Waals surface area contributed by atoms with Gasteiger partial charge in [0.2, 0.25) is 0 Å². The fraction of sp³-hybridized carbons (Fsp3) is 0.364. The van der Waals surface area contributed by atoms with E-state index in [0.29, 0.717) is 6.04 Å². The minimum atomic E-state index is 0.359. The van der Waals surface area contributed by atoms with Crippen LogP contribution in [0.25, 0.3) is 5.65 Å². The molecule has 0 spiro atoms. The summed E-state index contributed by atoms with van der Waals surface area (Å²) in [5.41, 5.74) is 4.47. The first kappa shape index (κ1) is 19.6. The van der Waals surface area contributed by atoms with Gasteiger partial charge < -0.3 is 19.9 Å². The van der Waals surface area contributed by atoms with Crippen LogP contribution in [0, 0.1) is 6.92 Å². The second-order valence-electron chi connectivity index (χ2n) is 7.46. The van der Waals surface area contributed by atoms with Crippen molar-refractivity contribution in [1.82, 2.24) is 20.0 Å². The first-order valence-electron chi connectivity index (χ1n) is 10.0. The molecule has 29 heavy (non-hydrogen) atoms. The molecule has 7 heteroatoms. The number of nitrogens with zero attached hydrogens (tertiary/aromatic N) is 4. The number of halogens is 1. The Kier molecular flexibility index (Phi) is 5.90. The summed E-state index contributed by atoms with van der Waals surface area (Å²) < 4.78 is 2.08. The van der Waals surface area contributed by atoms with Gasteiger partial charge in [0.05, 0.1) is 5.69 Å². The van der Waals surface area contributed by atoms with Gasteiger partial charge in [-0.25, -0.2) is 4.98 Å². The van der Waals surface area contributed by atoms with E-state index in [1.165, 1.54) is 11.3 Å². The molecule has 1 fully saturated rings. The van der Waals surface area contributed by atoms with Gasteiger partial charge in [0.15, 0.2) is 5.96 Å². The van der Waals surface area contributed by atoms with Gasteiger partial charge in [-0.3, -0.25) is 4.99 Å². The molecule has 0 aliphatic carbocycles. The number of benzene rings is 1. The van der Waals surface area contributed by atoms with Gasteiger partial charge in [-0.15, -0.1) is 0 Å². The highest BCUT2D eigenvalue weighted by Crippen LogP contribution is 2.23. The first-order chi connectivity index (χ1) is 14.1. The van der Waals surface area contributed by atoms with Gasteiger partial charge in [0, 0.05) is 62.2 Å². The van der Waals surface area contributed by atoms with E-state index in [2.05, 4.69) is 50.2 Å². The number of nitrogens with one attached hydrogen (secondary N) is 2. The Bertz CT molecular complexity index is 1010. The third-order valence-corrected chi connectivity index (χ3v) is 5.56. The average Bonchev–Trinajstić information content (AvgIpc) is 3.35. The molecule has 2 N–H and O–H groups in total.